The Labute approximate surface area is 180 Å². The lowest BCUT2D eigenvalue weighted by atomic mass is 10.2. The van der Waals surface area contributed by atoms with Gasteiger partial charge in [-0.3, -0.25) is 4.79 Å². The van der Waals surface area contributed by atoms with Crippen LogP contribution in [-0.2, 0) is 11.3 Å². The number of carbonyl (C=O) groups is 1. The summed E-state index contributed by atoms with van der Waals surface area (Å²) in [5.41, 5.74) is 1.84. The number of benzene rings is 2. The largest absolute Gasteiger partial charge is 0.341 e. The summed E-state index contributed by atoms with van der Waals surface area (Å²) >= 11 is 20.1. The molecule has 0 saturated heterocycles. The smallest absolute Gasteiger partial charge is 0.233 e. The van der Waals surface area contributed by atoms with Crippen molar-refractivity contribution in [2.45, 2.75) is 10.9 Å². The number of halogens is 2. The van der Waals surface area contributed by atoms with E-state index >= 15 is 0 Å². The number of carbonyl (C=O) groups excluding carboxylic acids is 1. The SMILES string of the molecule is CN(Cc1ccc(Cl)c(Cl)c1)C(=O)CSc1nn(-c2ccccc2)c(=S)s1. The molecule has 0 saturated carbocycles. The predicted molar refractivity (Wildman–Crippen MR) is 116 cm³/mol. The number of thioether (sulfide) groups is 1. The van der Waals surface area contributed by atoms with Gasteiger partial charge < -0.3 is 4.90 Å². The van der Waals surface area contributed by atoms with Gasteiger partial charge in [0.2, 0.25) is 5.91 Å². The van der Waals surface area contributed by atoms with Crippen molar-refractivity contribution in [3.8, 4) is 5.69 Å². The molecule has 3 aromatic rings. The van der Waals surface area contributed by atoms with Gasteiger partial charge >= 0.3 is 0 Å². The highest BCUT2D eigenvalue weighted by atomic mass is 35.5. The van der Waals surface area contributed by atoms with Gasteiger partial charge in [0.15, 0.2) is 8.29 Å². The van der Waals surface area contributed by atoms with Crippen molar-refractivity contribution >= 4 is 64.4 Å². The lowest BCUT2D eigenvalue weighted by molar-refractivity contribution is -0.127. The number of nitrogens with zero attached hydrogens (tertiary/aromatic N) is 3. The summed E-state index contributed by atoms with van der Waals surface area (Å²) in [6, 6.07) is 15.1. The van der Waals surface area contributed by atoms with Gasteiger partial charge in [0.1, 0.15) is 0 Å². The minimum Gasteiger partial charge on any atom is -0.341 e. The Hall–Kier alpha value is -1.38. The molecule has 9 heteroatoms. The van der Waals surface area contributed by atoms with Gasteiger partial charge in [0, 0.05) is 13.6 Å². The maximum atomic E-state index is 12.4. The lowest BCUT2D eigenvalue weighted by Crippen LogP contribution is -2.27. The van der Waals surface area contributed by atoms with E-state index in [9.17, 15) is 4.79 Å². The van der Waals surface area contributed by atoms with Crippen molar-refractivity contribution < 1.29 is 4.79 Å². The zero-order valence-electron chi connectivity index (χ0n) is 14.3. The molecule has 0 atom stereocenters. The van der Waals surface area contributed by atoms with E-state index in [-0.39, 0.29) is 11.7 Å². The number of hydrogen-bond donors (Lipinski definition) is 0. The molecule has 0 spiro atoms. The molecule has 1 heterocycles. The molecular weight excluding hydrogens is 441 g/mol. The summed E-state index contributed by atoms with van der Waals surface area (Å²) in [6.07, 6.45) is 0. The monoisotopic (exact) mass is 455 g/mol. The zero-order valence-corrected chi connectivity index (χ0v) is 18.2. The van der Waals surface area contributed by atoms with E-state index in [2.05, 4.69) is 5.10 Å². The average Bonchev–Trinajstić information content (AvgIpc) is 3.04. The first kappa shape index (κ1) is 20.4. The molecule has 0 unspecified atom stereocenters. The Morgan fingerprint density at radius 2 is 1.96 bits per heavy atom. The third-order valence-corrected chi connectivity index (χ3v) is 6.77. The van der Waals surface area contributed by atoms with Gasteiger partial charge in [-0.15, -0.1) is 5.10 Å². The summed E-state index contributed by atoms with van der Waals surface area (Å²) in [4.78, 5) is 14.1. The highest BCUT2D eigenvalue weighted by molar-refractivity contribution is 8.01. The highest BCUT2D eigenvalue weighted by Gasteiger charge is 2.13. The molecule has 0 radical (unpaired) electrons. The number of amides is 1. The summed E-state index contributed by atoms with van der Waals surface area (Å²) in [5, 5.41) is 5.49. The second kappa shape index (κ2) is 9.21. The van der Waals surface area contributed by atoms with Crippen LogP contribution in [0.25, 0.3) is 5.69 Å². The van der Waals surface area contributed by atoms with Crippen LogP contribution in [-0.4, -0.2) is 33.4 Å². The Balaban J connectivity index is 1.60. The van der Waals surface area contributed by atoms with Crippen molar-refractivity contribution in [1.82, 2.24) is 14.7 Å². The molecule has 2 aromatic carbocycles. The second-order valence-electron chi connectivity index (χ2n) is 5.67. The molecular formula is C18H15Cl2N3OS3. The fraction of sp³-hybridized carbons (Fsp3) is 0.167. The first-order valence-electron chi connectivity index (χ1n) is 7.90. The molecule has 1 aromatic heterocycles. The minimum absolute atomic E-state index is 0.00143. The summed E-state index contributed by atoms with van der Waals surface area (Å²) in [7, 11) is 1.76. The fourth-order valence-corrected chi connectivity index (χ4v) is 4.91. The topological polar surface area (TPSA) is 38.1 Å². The van der Waals surface area contributed by atoms with Crippen molar-refractivity contribution in [3.05, 3.63) is 68.1 Å². The maximum Gasteiger partial charge on any atom is 0.233 e. The fourth-order valence-electron chi connectivity index (χ4n) is 2.29. The van der Waals surface area contributed by atoms with Crippen LogP contribution in [0.3, 0.4) is 0 Å². The molecule has 3 rings (SSSR count). The Morgan fingerprint density at radius 1 is 1.22 bits per heavy atom. The van der Waals surface area contributed by atoms with Crippen molar-refractivity contribution in [1.29, 1.82) is 0 Å². The number of para-hydroxylation sites is 1. The summed E-state index contributed by atoms with van der Waals surface area (Å²) in [6.45, 7) is 0.463. The van der Waals surface area contributed by atoms with Gasteiger partial charge in [-0.25, -0.2) is 4.68 Å². The molecule has 27 heavy (non-hydrogen) atoms. The van der Waals surface area contributed by atoms with Crippen molar-refractivity contribution in [3.63, 3.8) is 0 Å². The van der Waals surface area contributed by atoms with Crippen LogP contribution in [0.4, 0.5) is 0 Å². The number of rotatable bonds is 6. The lowest BCUT2D eigenvalue weighted by Gasteiger charge is -2.17. The molecule has 140 valence electrons. The quantitative estimate of drug-likeness (QED) is 0.351. The van der Waals surface area contributed by atoms with Crippen LogP contribution in [0.15, 0.2) is 52.9 Å². The highest BCUT2D eigenvalue weighted by Crippen LogP contribution is 2.25. The molecule has 0 bridgehead atoms. The van der Waals surface area contributed by atoms with E-state index < -0.39 is 0 Å². The third-order valence-electron chi connectivity index (χ3n) is 3.68. The van der Waals surface area contributed by atoms with Crippen LogP contribution in [0, 0.1) is 3.95 Å². The predicted octanol–water partition coefficient (Wildman–Crippen LogP) is 5.72. The van der Waals surface area contributed by atoms with E-state index in [1.54, 1.807) is 28.8 Å². The Morgan fingerprint density at radius 3 is 2.67 bits per heavy atom. The minimum atomic E-state index is -0.00143. The van der Waals surface area contributed by atoms with Crippen molar-refractivity contribution in [2.75, 3.05) is 12.8 Å². The van der Waals surface area contributed by atoms with Gasteiger partial charge in [-0.2, -0.15) is 0 Å². The van der Waals surface area contributed by atoms with Crippen LogP contribution >= 0.6 is 58.5 Å². The van der Waals surface area contributed by atoms with Gasteiger partial charge in [0.05, 0.1) is 21.5 Å². The van der Waals surface area contributed by atoms with E-state index in [0.29, 0.717) is 20.5 Å². The Kier molecular flexibility index (Phi) is 6.94. The first-order valence-corrected chi connectivity index (χ1v) is 10.9. The van der Waals surface area contributed by atoms with Gasteiger partial charge in [-0.1, -0.05) is 70.6 Å². The Bertz CT molecular complexity index is 1000. The van der Waals surface area contributed by atoms with Gasteiger partial charge in [-0.05, 0) is 42.0 Å². The molecule has 0 aliphatic carbocycles. The van der Waals surface area contributed by atoms with E-state index in [1.165, 1.54) is 23.1 Å². The molecule has 0 N–H and O–H groups in total. The number of aromatic nitrogens is 2. The summed E-state index contributed by atoms with van der Waals surface area (Å²) < 4.78 is 3.13. The molecule has 4 nitrogen and oxygen atoms in total. The first-order chi connectivity index (χ1) is 12.9. The molecule has 1 amide bonds. The molecule has 0 aliphatic heterocycles. The molecule has 0 fully saturated rings. The maximum absolute atomic E-state index is 12.4. The van der Waals surface area contributed by atoms with Crippen LogP contribution in [0.2, 0.25) is 10.0 Å². The second-order valence-corrected chi connectivity index (χ2v) is 9.33. The normalized spacial score (nSPS) is 10.8. The average molecular weight is 456 g/mol. The van der Waals surface area contributed by atoms with Crippen LogP contribution in [0.5, 0.6) is 0 Å². The van der Waals surface area contributed by atoms with Crippen LogP contribution < -0.4 is 0 Å². The van der Waals surface area contributed by atoms with Gasteiger partial charge in [0.25, 0.3) is 0 Å². The standard InChI is InChI=1S/C18H15Cl2N3OS3/c1-22(10-12-7-8-14(19)15(20)9-12)16(24)11-26-17-21-23(18(25)27-17)13-5-3-2-4-6-13/h2-9H,10-11H2,1H3. The zero-order chi connectivity index (χ0) is 19.4. The van der Waals surface area contributed by atoms with Crippen molar-refractivity contribution in [2.24, 2.45) is 0 Å². The van der Waals surface area contributed by atoms with E-state index in [0.717, 1.165) is 15.6 Å². The van der Waals surface area contributed by atoms with Crippen LogP contribution in [0.1, 0.15) is 5.56 Å². The van der Waals surface area contributed by atoms with E-state index in [4.69, 9.17) is 35.4 Å². The summed E-state index contributed by atoms with van der Waals surface area (Å²) in [5.74, 6) is 0.285. The van der Waals surface area contributed by atoms with E-state index in [1.807, 2.05) is 36.4 Å². The molecule has 0 aliphatic rings. The number of hydrogen-bond acceptors (Lipinski definition) is 5. The third kappa shape index (κ3) is 5.33.